The van der Waals surface area contributed by atoms with Gasteiger partial charge < -0.3 is 5.11 Å². The van der Waals surface area contributed by atoms with Crippen LogP contribution in [0.5, 0.6) is 5.75 Å². The summed E-state index contributed by atoms with van der Waals surface area (Å²) in [6.45, 7) is 0. The highest BCUT2D eigenvalue weighted by Crippen LogP contribution is 2.29. The highest BCUT2D eigenvalue weighted by molar-refractivity contribution is 5.82. The van der Waals surface area contributed by atoms with Crippen molar-refractivity contribution in [3.05, 3.63) is 28.8 Å². The Balaban J connectivity index is 2.65. The van der Waals surface area contributed by atoms with Crippen molar-refractivity contribution in [3.63, 3.8) is 0 Å². The maximum atomic E-state index is 10.6. The molecular formula is C10H10O2. The maximum Gasteiger partial charge on any atom is 0.154 e. The monoisotopic (exact) mass is 162 g/mol. The summed E-state index contributed by atoms with van der Waals surface area (Å²) in [4.78, 5) is 10.6. The van der Waals surface area contributed by atoms with Crippen molar-refractivity contribution in [1.82, 2.24) is 0 Å². The Morgan fingerprint density at radius 3 is 2.92 bits per heavy atom. The van der Waals surface area contributed by atoms with Crippen molar-refractivity contribution in [1.29, 1.82) is 0 Å². The van der Waals surface area contributed by atoms with E-state index in [1.165, 1.54) is 5.56 Å². The Hall–Kier alpha value is -1.31. The number of phenols is 1. The van der Waals surface area contributed by atoms with Gasteiger partial charge in [0, 0.05) is 0 Å². The molecule has 1 aliphatic rings. The van der Waals surface area contributed by atoms with Crippen molar-refractivity contribution >= 4 is 6.29 Å². The molecule has 62 valence electrons. The van der Waals surface area contributed by atoms with Crippen LogP contribution in [0.15, 0.2) is 12.1 Å². The molecule has 1 aliphatic carbocycles. The molecule has 0 heterocycles. The van der Waals surface area contributed by atoms with Crippen LogP contribution < -0.4 is 0 Å². The fraction of sp³-hybridized carbons (Fsp3) is 0.300. The highest BCUT2D eigenvalue weighted by atomic mass is 16.3. The second-order valence-corrected chi connectivity index (χ2v) is 3.11. The summed E-state index contributed by atoms with van der Waals surface area (Å²) in [6, 6.07) is 3.51. The first-order valence-corrected chi connectivity index (χ1v) is 4.12. The first-order valence-electron chi connectivity index (χ1n) is 4.12. The zero-order valence-electron chi connectivity index (χ0n) is 6.71. The van der Waals surface area contributed by atoms with Gasteiger partial charge >= 0.3 is 0 Å². The molecule has 0 saturated heterocycles. The van der Waals surface area contributed by atoms with Crippen molar-refractivity contribution in [2.75, 3.05) is 0 Å². The maximum absolute atomic E-state index is 10.6. The Morgan fingerprint density at radius 1 is 1.33 bits per heavy atom. The lowest BCUT2D eigenvalue weighted by molar-refractivity contribution is 0.112. The Bertz CT molecular complexity index is 329. The van der Waals surface area contributed by atoms with Gasteiger partial charge in [-0.25, -0.2) is 0 Å². The molecular weight excluding hydrogens is 152 g/mol. The molecule has 1 N–H and O–H groups in total. The number of carbonyl (C=O) groups is 1. The number of aryl methyl sites for hydroxylation is 1. The summed E-state index contributed by atoms with van der Waals surface area (Å²) in [7, 11) is 0. The molecule has 2 nitrogen and oxygen atoms in total. The standard InChI is InChI=1S/C10H10O2/c11-6-9-8-3-1-2-7(8)4-5-10(9)12/h4-6,12H,1-3H2. The van der Waals surface area contributed by atoms with Gasteiger partial charge in [0.2, 0.25) is 0 Å². The number of phenolic OH excluding ortho intramolecular Hbond substituents is 1. The van der Waals surface area contributed by atoms with Gasteiger partial charge in [-0.2, -0.15) is 0 Å². The van der Waals surface area contributed by atoms with E-state index in [1.807, 2.05) is 6.07 Å². The minimum absolute atomic E-state index is 0.116. The van der Waals surface area contributed by atoms with E-state index in [1.54, 1.807) is 6.07 Å². The Morgan fingerprint density at radius 2 is 2.17 bits per heavy atom. The van der Waals surface area contributed by atoms with E-state index in [-0.39, 0.29) is 5.75 Å². The SMILES string of the molecule is O=Cc1c(O)ccc2c1CCC2. The fourth-order valence-electron chi connectivity index (χ4n) is 1.81. The Labute approximate surface area is 70.8 Å². The third-order valence-electron chi connectivity index (χ3n) is 2.42. The van der Waals surface area contributed by atoms with Gasteiger partial charge in [-0.3, -0.25) is 4.79 Å². The summed E-state index contributed by atoms with van der Waals surface area (Å²) >= 11 is 0. The number of aromatic hydroxyl groups is 1. The van der Waals surface area contributed by atoms with Gasteiger partial charge in [-0.05, 0) is 36.5 Å². The van der Waals surface area contributed by atoms with Crippen molar-refractivity contribution in [3.8, 4) is 5.75 Å². The van der Waals surface area contributed by atoms with Gasteiger partial charge in [0.05, 0.1) is 5.56 Å². The molecule has 0 bridgehead atoms. The number of hydrogen-bond acceptors (Lipinski definition) is 2. The molecule has 0 atom stereocenters. The number of benzene rings is 1. The van der Waals surface area contributed by atoms with Crippen LogP contribution in [0.1, 0.15) is 27.9 Å². The minimum Gasteiger partial charge on any atom is -0.507 e. The molecule has 2 rings (SSSR count). The fourth-order valence-corrected chi connectivity index (χ4v) is 1.81. The van der Waals surface area contributed by atoms with E-state index in [2.05, 4.69) is 0 Å². The van der Waals surface area contributed by atoms with Gasteiger partial charge in [-0.1, -0.05) is 6.07 Å². The summed E-state index contributed by atoms with van der Waals surface area (Å²) in [5.41, 5.74) is 2.75. The zero-order valence-corrected chi connectivity index (χ0v) is 6.71. The molecule has 1 aromatic carbocycles. The van der Waals surface area contributed by atoms with Crippen LogP contribution in [0.2, 0.25) is 0 Å². The lowest BCUT2D eigenvalue weighted by Gasteiger charge is -2.03. The highest BCUT2D eigenvalue weighted by Gasteiger charge is 2.16. The van der Waals surface area contributed by atoms with Crippen molar-refractivity contribution < 1.29 is 9.90 Å². The van der Waals surface area contributed by atoms with Gasteiger partial charge in [0.1, 0.15) is 5.75 Å². The lowest BCUT2D eigenvalue weighted by Crippen LogP contribution is -1.91. The van der Waals surface area contributed by atoms with E-state index in [9.17, 15) is 9.90 Å². The molecule has 0 fully saturated rings. The second kappa shape index (κ2) is 2.63. The van der Waals surface area contributed by atoms with E-state index in [0.717, 1.165) is 31.1 Å². The number of fused-ring (bicyclic) bond motifs is 1. The number of rotatable bonds is 1. The van der Waals surface area contributed by atoms with Crippen LogP contribution in [0.3, 0.4) is 0 Å². The van der Waals surface area contributed by atoms with Gasteiger partial charge in [-0.15, -0.1) is 0 Å². The smallest absolute Gasteiger partial charge is 0.154 e. The third kappa shape index (κ3) is 0.916. The first-order chi connectivity index (χ1) is 5.83. The van der Waals surface area contributed by atoms with Crippen LogP contribution in [0.4, 0.5) is 0 Å². The predicted molar refractivity (Wildman–Crippen MR) is 45.5 cm³/mol. The molecule has 2 heteroatoms. The molecule has 0 unspecified atom stereocenters. The summed E-state index contributed by atoms with van der Waals surface area (Å²) < 4.78 is 0. The predicted octanol–water partition coefficient (Wildman–Crippen LogP) is 1.69. The zero-order chi connectivity index (χ0) is 8.55. The number of carbonyl (C=O) groups excluding carboxylic acids is 1. The summed E-state index contributed by atoms with van der Waals surface area (Å²) in [5, 5.41) is 9.34. The van der Waals surface area contributed by atoms with E-state index < -0.39 is 0 Å². The van der Waals surface area contributed by atoms with Crippen molar-refractivity contribution in [2.45, 2.75) is 19.3 Å². The van der Waals surface area contributed by atoms with Gasteiger partial charge in [0.15, 0.2) is 6.29 Å². The first kappa shape index (κ1) is 7.35. The second-order valence-electron chi connectivity index (χ2n) is 3.11. The van der Waals surface area contributed by atoms with Crippen molar-refractivity contribution in [2.24, 2.45) is 0 Å². The number of aldehydes is 1. The van der Waals surface area contributed by atoms with Crippen LogP contribution in [-0.2, 0) is 12.8 Å². The summed E-state index contributed by atoms with van der Waals surface area (Å²) in [6.07, 6.45) is 3.81. The minimum atomic E-state index is 0.116. The van der Waals surface area contributed by atoms with E-state index in [0.29, 0.717) is 5.56 Å². The molecule has 0 aliphatic heterocycles. The van der Waals surface area contributed by atoms with Gasteiger partial charge in [0.25, 0.3) is 0 Å². The van der Waals surface area contributed by atoms with Crippen LogP contribution in [-0.4, -0.2) is 11.4 Å². The van der Waals surface area contributed by atoms with Crippen LogP contribution in [0.25, 0.3) is 0 Å². The molecule has 0 saturated carbocycles. The van der Waals surface area contributed by atoms with Crippen LogP contribution in [0, 0.1) is 0 Å². The molecule has 0 aromatic heterocycles. The topological polar surface area (TPSA) is 37.3 Å². The molecule has 0 amide bonds. The normalized spacial score (nSPS) is 14.3. The largest absolute Gasteiger partial charge is 0.507 e. The summed E-state index contributed by atoms with van der Waals surface area (Å²) in [5.74, 6) is 0.116. The lowest BCUT2D eigenvalue weighted by atomic mass is 10.0. The Kier molecular flexibility index (Phi) is 1.61. The molecule has 0 radical (unpaired) electrons. The van der Waals surface area contributed by atoms with E-state index >= 15 is 0 Å². The number of hydrogen-bond donors (Lipinski definition) is 1. The quantitative estimate of drug-likeness (QED) is 0.638. The third-order valence-corrected chi connectivity index (χ3v) is 2.42. The van der Waals surface area contributed by atoms with E-state index in [4.69, 9.17) is 0 Å². The molecule has 0 spiro atoms. The van der Waals surface area contributed by atoms with Crippen LogP contribution >= 0.6 is 0 Å². The molecule has 12 heavy (non-hydrogen) atoms. The molecule has 1 aromatic rings. The average Bonchev–Trinajstić information content (AvgIpc) is 2.52. The average molecular weight is 162 g/mol.